The minimum absolute atomic E-state index is 0. The second-order valence-corrected chi connectivity index (χ2v) is 31.6. The molecule has 1 fully saturated rings. The number of fused-ring (bicyclic) bond motifs is 1. The van der Waals surface area contributed by atoms with Crippen molar-refractivity contribution in [2.24, 2.45) is 20.7 Å². The van der Waals surface area contributed by atoms with Crippen molar-refractivity contribution in [1.29, 1.82) is 5.41 Å². The van der Waals surface area contributed by atoms with Crippen molar-refractivity contribution in [3.05, 3.63) is 239 Å². The maximum Gasteiger partial charge on any atom is 1.00 e. The summed E-state index contributed by atoms with van der Waals surface area (Å²) in [5, 5.41) is 41.6. The summed E-state index contributed by atoms with van der Waals surface area (Å²) < 4.78 is 83.4. The zero-order valence-corrected chi connectivity index (χ0v) is 82.2. The molecule has 0 saturated carbocycles. The third kappa shape index (κ3) is 38.4. The predicted molar refractivity (Wildman–Crippen MR) is 485 cm³/mol. The number of hydrogen-bond acceptors (Lipinski definition) is 33. The molecule has 4 aromatic carbocycles. The van der Waals surface area contributed by atoms with Gasteiger partial charge >= 0.3 is 90.2 Å². The summed E-state index contributed by atoms with van der Waals surface area (Å²) in [6.07, 6.45) is 12.1. The average Bonchev–Trinajstić information content (AvgIpc) is 1.06. The number of Topliss-reactive ketones (excluding diaryl/α,β-unsaturated/α-hetero) is 1. The number of thiazole rings is 4. The first-order valence-electron chi connectivity index (χ1n) is 39.6. The van der Waals surface area contributed by atoms with E-state index in [2.05, 4.69) is 50.2 Å². The summed E-state index contributed by atoms with van der Waals surface area (Å²) in [6.45, 7) is 13.6. The van der Waals surface area contributed by atoms with Crippen LogP contribution in [-0.2, 0) is 71.6 Å². The Hall–Kier alpha value is -9.67. The van der Waals surface area contributed by atoms with Gasteiger partial charge in [0.05, 0.1) is 61.4 Å². The number of carbonyl (C=O) groups excluding carboxylic acids is 9. The number of amidine groups is 4. The molecule has 700 valence electrons. The first-order chi connectivity index (χ1) is 61.3. The molecule has 4 aliphatic rings. The number of esters is 6. The number of aliphatic carboxylic acids is 2. The molecular formula is C86H93Cl5F4LiN12NaO19S4. The molecule has 1 saturated heterocycles. The second-order valence-electron chi connectivity index (χ2n) is 26.4. The van der Waals surface area contributed by atoms with E-state index in [-0.39, 0.29) is 186 Å². The number of halogens is 9. The van der Waals surface area contributed by atoms with E-state index < -0.39 is 77.2 Å². The number of aromatic nitrogens is 4. The number of nitrogen functional groups attached to an aromatic ring is 1. The normalized spacial score (nSPS) is 14.2. The van der Waals surface area contributed by atoms with E-state index in [9.17, 15) is 60.7 Å². The molecule has 46 heteroatoms. The number of aldehydes is 1. The van der Waals surface area contributed by atoms with Crippen LogP contribution in [0.25, 0.3) is 0 Å². The van der Waals surface area contributed by atoms with Crippen LogP contribution < -0.4 is 69.9 Å². The number of aliphatic imine (C=N–C) groups is 3. The molecule has 0 radical (unpaired) electrons. The number of carboxylic acid groups (broad SMARTS) is 2. The van der Waals surface area contributed by atoms with Crippen LogP contribution in [0.15, 0.2) is 168 Å². The number of carbonyl (C=O) groups is 10. The minimum atomic E-state index is -1.08. The number of allylic oxidation sites excluding steroid dienone is 3. The Morgan fingerprint density at radius 2 is 0.917 bits per heavy atom. The Morgan fingerprint density at radius 1 is 0.538 bits per heavy atom. The van der Waals surface area contributed by atoms with Gasteiger partial charge in [0.15, 0.2) is 49.7 Å². The largest absolute Gasteiger partial charge is 1.00 e. The maximum atomic E-state index is 13.7. The van der Waals surface area contributed by atoms with Crippen LogP contribution in [0.2, 0.25) is 20.1 Å². The summed E-state index contributed by atoms with van der Waals surface area (Å²) in [7, 11) is 0. The molecule has 8 heterocycles. The SMILES string of the molecule is CC(=O)[O-].CCOC(=O)C1=C(CCCC(=O)O)NC(c2nccs2)=NC1c1ccc(F)cc1Cl.CCOC(=O)C1=C2CCCCN2C(c2nccs2)=NC1c1ccc(F)cc1Cl.CCOC(=O)CCCC(=O)CC(=O)OCC.CCOC(=O)CCCC1=C(C(=O)OCC)C(c2ccc(F)cc2Cl)N=C(c2nccs2)N1.Cl.N=C(N)c1nccs1.O=Cc1ccc(F)cc1Cl.[Li+].[Na+].[OH-]. The fraction of sp³-hybridized carbons (Fsp3) is 0.349. The zero-order valence-electron chi connectivity index (χ0n) is 73.1. The number of ether oxygens (including phenoxy) is 6. The van der Waals surface area contributed by atoms with Crippen molar-refractivity contribution >= 4 is 187 Å². The Balaban J connectivity index is 0.000000555. The van der Waals surface area contributed by atoms with Gasteiger partial charge in [-0.15, -0.1) is 57.8 Å². The van der Waals surface area contributed by atoms with Gasteiger partial charge in [-0.3, -0.25) is 49.2 Å². The van der Waals surface area contributed by atoms with Gasteiger partial charge in [-0.25, -0.2) is 51.9 Å². The van der Waals surface area contributed by atoms with Crippen LogP contribution in [0.4, 0.5) is 17.6 Å². The molecule has 7 N–H and O–H groups in total. The van der Waals surface area contributed by atoms with Crippen molar-refractivity contribution in [3.63, 3.8) is 0 Å². The van der Waals surface area contributed by atoms with Gasteiger partial charge < -0.3 is 70.2 Å². The second kappa shape index (κ2) is 62.7. The third-order valence-corrected chi connectivity index (χ3v) is 21.8. The third-order valence-electron chi connectivity index (χ3n) is 17.3. The Morgan fingerprint density at radius 3 is 1.29 bits per heavy atom. The molecule has 3 unspecified atom stereocenters. The minimum Gasteiger partial charge on any atom is -0.870 e. The number of benzene rings is 4. The van der Waals surface area contributed by atoms with Gasteiger partial charge in [-0.2, -0.15) is 0 Å². The number of nitrogens with zero attached hydrogens (tertiary/aromatic N) is 8. The first-order valence-corrected chi connectivity index (χ1v) is 44.7. The zero-order chi connectivity index (χ0) is 93.9. The van der Waals surface area contributed by atoms with Gasteiger partial charge in [0.25, 0.3) is 0 Å². The summed E-state index contributed by atoms with van der Waals surface area (Å²) in [5.41, 5.74) is 9.79. The van der Waals surface area contributed by atoms with Crippen LogP contribution in [0.5, 0.6) is 0 Å². The van der Waals surface area contributed by atoms with Gasteiger partial charge in [0.2, 0.25) is 0 Å². The molecule has 12 rings (SSSR count). The van der Waals surface area contributed by atoms with E-state index >= 15 is 0 Å². The van der Waals surface area contributed by atoms with Crippen LogP contribution in [0.1, 0.15) is 197 Å². The predicted octanol–water partition coefficient (Wildman–Crippen LogP) is 10.4. The van der Waals surface area contributed by atoms with E-state index in [0.29, 0.717) is 111 Å². The molecule has 31 nitrogen and oxygen atoms in total. The number of carboxylic acids is 2. The van der Waals surface area contributed by atoms with Gasteiger partial charge in [0, 0.05) is 139 Å². The number of nitrogens with one attached hydrogen (secondary N) is 3. The number of piperidine rings is 1. The topological polar surface area (TPSA) is 465 Å². The average molecular weight is 2010 g/mol. The van der Waals surface area contributed by atoms with Crippen molar-refractivity contribution in [3.8, 4) is 0 Å². The van der Waals surface area contributed by atoms with Crippen molar-refractivity contribution in [1.82, 2.24) is 35.5 Å². The number of hydrogen-bond donors (Lipinski definition) is 5. The fourth-order valence-electron chi connectivity index (χ4n) is 12.1. The number of rotatable bonds is 31. The number of nitrogens with two attached hydrogens (primary N) is 1. The molecule has 0 aliphatic carbocycles. The molecule has 0 amide bonds. The molecule has 4 aromatic heterocycles. The van der Waals surface area contributed by atoms with Crippen molar-refractivity contribution in [2.75, 3.05) is 46.2 Å². The first kappa shape index (κ1) is 118. The monoisotopic (exact) mass is 2010 g/mol. The van der Waals surface area contributed by atoms with Gasteiger partial charge in [-0.1, -0.05) is 64.6 Å². The van der Waals surface area contributed by atoms with Crippen LogP contribution >= 0.6 is 104 Å². The van der Waals surface area contributed by atoms with Crippen LogP contribution in [0, 0.1) is 28.7 Å². The maximum absolute atomic E-state index is 13.7. The molecule has 0 bridgehead atoms. The van der Waals surface area contributed by atoms with Crippen molar-refractivity contribution in [2.45, 2.75) is 150 Å². The van der Waals surface area contributed by atoms with Crippen LogP contribution in [-0.4, -0.2) is 165 Å². The molecule has 4 aliphatic heterocycles. The number of ketones is 1. The quantitative estimate of drug-likeness (QED) is 0.00394. The summed E-state index contributed by atoms with van der Waals surface area (Å²) in [4.78, 5) is 147. The Labute approximate surface area is 834 Å². The van der Waals surface area contributed by atoms with Crippen molar-refractivity contribution < 1.29 is 158 Å². The Kier molecular flexibility index (Phi) is 56.3. The summed E-state index contributed by atoms with van der Waals surface area (Å²) in [5.74, 6) is -5.13. The van der Waals surface area contributed by atoms with Gasteiger partial charge in [0.1, 0.15) is 53.6 Å². The molecule has 0 spiro atoms. The molecular weight excluding hydrogens is 1920 g/mol. The molecule has 3 atom stereocenters. The Bertz CT molecular complexity index is 5360. The van der Waals surface area contributed by atoms with Gasteiger partial charge in [-0.05, 0) is 154 Å². The van der Waals surface area contributed by atoms with E-state index in [1.165, 1.54) is 99.9 Å². The standard InChI is InChI=1S/C22H23ClFN3O4S.C20H19ClFN3O4S.C20H19ClFN3O2S.C11H18O5.C7H4ClFO.C4H5N3S.C2H4O2.ClH.Li.Na.H2O/c1-3-30-17(28)7-5-6-16-18(22(29)31-4-2)19(14-9-8-13(24)12-15(14)23)27-20(26-16)21-25-10-11-32-21;1-2-29-20(28)16-14(4-3-5-15(26)27)24-18(19-23-8-9-30-19)25-17(16)12-7-6-11(22)10-13(12)21;1-2-27-20(26)16-15-5-3-4-9-25(15)18(19-23-8-10-28-19)24-17(16)13-7-6-12(22)11-14(13)21;1-3-15-10(13)7-5-6-9(12)8-11(14)16-4-2;8-7-3-6(9)2-1-5(7)4-10;5-3(6)4-7-1-2-8-4;1-2(3)4;;;;/h8-12,19H,3-7H2,1-2H3,(H,26,27);6-10,17H,2-5H2,1H3,(H,24,25)(H,26,27);6-8,10-11,17H,2-5,9H2,1H3;3-8H2,1-2H3;1-4H;1-2H,(H3,5,6);1H3,(H,3,4);1H;;;1H2/q;;;;;;;;2*+1;/p-2. The summed E-state index contributed by atoms with van der Waals surface area (Å²) >= 11 is 30.0. The van der Waals surface area contributed by atoms with E-state index in [4.69, 9.17) is 101 Å². The van der Waals surface area contributed by atoms with Crippen LogP contribution in [0.3, 0.4) is 0 Å². The molecule has 8 aromatic rings. The smallest absolute Gasteiger partial charge is 0.870 e. The van der Waals surface area contributed by atoms with E-state index in [0.717, 1.165) is 61.4 Å². The molecule has 132 heavy (non-hydrogen) atoms. The van der Waals surface area contributed by atoms with E-state index in [1.807, 2.05) is 10.8 Å². The van der Waals surface area contributed by atoms with E-state index in [1.54, 1.807) is 83.2 Å². The summed E-state index contributed by atoms with van der Waals surface area (Å²) in [6, 6.07) is 13.3. The fourth-order valence-corrected chi connectivity index (χ4v) is 15.4.